The maximum atomic E-state index is 14.3. The molecule has 2 aromatic heterocycles. The van der Waals surface area contributed by atoms with Crippen LogP contribution < -0.4 is 9.47 Å². The van der Waals surface area contributed by atoms with Crippen molar-refractivity contribution in [3.05, 3.63) is 114 Å². The second-order valence-corrected chi connectivity index (χ2v) is 9.27. The summed E-state index contributed by atoms with van der Waals surface area (Å²) in [4.78, 5) is 16.5. The SMILES string of the molecule is CCOC(=O)c1cnn(-c2cccc(-c3cc(F)ccc3OCc3ccc(-c4ccc(OC)cc4)cc3)n2)c1C(F)(F)F. The lowest BCUT2D eigenvalue weighted by Crippen LogP contribution is -2.19. The number of pyridine rings is 1. The van der Waals surface area contributed by atoms with Gasteiger partial charge in [-0.25, -0.2) is 18.9 Å². The number of rotatable bonds is 9. The molecule has 0 aliphatic heterocycles. The Balaban J connectivity index is 1.41. The largest absolute Gasteiger partial charge is 0.497 e. The highest BCUT2D eigenvalue weighted by molar-refractivity contribution is 5.90. The van der Waals surface area contributed by atoms with Crippen LogP contribution in [0.4, 0.5) is 17.6 Å². The molecule has 0 saturated carbocycles. The van der Waals surface area contributed by atoms with Crippen LogP contribution in [0.3, 0.4) is 0 Å². The number of nitrogens with zero attached hydrogens (tertiary/aromatic N) is 3. The molecule has 0 aliphatic rings. The predicted octanol–water partition coefficient (Wildman–Crippen LogP) is 7.52. The van der Waals surface area contributed by atoms with Crippen LogP contribution in [0.2, 0.25) is 0 Å². The van der Waals surface area contributed by atoms with Gasteiger partial charge in [0.15, 0.2) is 11.5 Å². The Labute approximate surface area is 244 Å². The molecule has 0 atom stereocenters. The fourth-order valence-electron chi connectivity index (χ4n) is 4.41. The summed E-state index contributed by atoms with van der Waals surface area (Å²) >= 11 is 0. The monoisotopic (exact) mass is 591 g/mol. The molecule has 7 nitrogen and oxygen atoms in total. The highest BCUT2D eigenvalue weighted by atomic mass is 19.4. The third kappa shape index (κ3) is 6.50. The number of hydrogen-bond acceptors (Lipinski definition) is 6. The summed E-state index contributed by atoms with van der Waals surface area (Å²) in [6, 6.07) is 23.5. The van der Waals surface area contributed by atoms with Gasteiger partial charge < -0.3 is 14.2 Å². The Kier molecular flexibility index (Phi) is 8.42. The molecule has 0 aliphatic carbocycles. The molecule has 0 N–H and O–H groups in total. The molecule has 0 amide bonds. The van der Waals surface area contributed by atoms with Gasteiger partial charge in [-0.05, 0) is 66.1 Å². The topological polar surface area (TPSA) is 75.5 Å². The van der Waals surface area contributed by atoms with E-state index in [9.17, 15) is 22.4 Å². The molecule has 0 spiro atoms. The van der Waals surface area contributed by atoms with Gasteiger partial charge in [-0.3, -0.25) is 0 Å². The van der Waals surface area contributed by atoms with E-state index in [-0.39, 0.29) is 36.0 Å². The second-order valence-electron chi connectivity index (χ2n) is 9.27. The van der Waals surface area contributed by atoms with Crippen molar-refractivity contribution in [3.63, 3.8) is 0 Å². The minimum atomic E-state index is -4.94. The molecule has 0 saturated heterocycles. The first-order valence-electron chi connectivity index (χ1n) is 13.1. The Morgan fingerprint density at radius 2 is 1.63 bits per heavy atom. The molecular formula is C32H25F4N3O4. The minimum Gasteiger partial charge on any atom is -0.497 e. The van der Waals surface area contributed by atoms with Gasteiger partial charge in [0.25, 0.3) is 0 Å². The molecule has 43 heavy (non-hydrogen) atoms. The van der Waals surface area contributed by atoms with E-state index in [0.717, 1.165) is 28.6 Å². The summed E-state index contributed by atoms with van der Waals surface area (Å²) in [7, 11) is 1.61. The summed E-state index contributed by atoms with van der Waals surface area (Å²) in [5, 5.41) is 3.77. The van der Waals surface area contributed by atoms with Crippen molar-refractivity contribution in [2.24, 2.45) is 0 Å². The number of alkyl halides is 3. The van der Waals surface area contributed by atoms with Crippen LogP contribution in [0.25, 0.3) is 28.2 Å². The summed E-state index contributed by atoms with van der Waals surface area (Å²) in [6.45, 7) is 1.52. The summed E-state index contributed by atoms with van der Waals surface area (Å²) in [5.41, 5.74) is 1.15. The van der Waals surface area contributed by atoms with E-state index in [2.05, 4.69) is 10.1 Å². The number of carbonyl (C=O) groups excluding carboxylic acids is 1. The van der Waals surface area contributed by atoms with Gasteiger partial charge in [-0.15, -0.1) is 0 Å². The first-order valence-corrected chi connectivity index (χ1v) is 13.1. The van der Waals surface area contributed by atoms with Crippen LogP contribution in [-0.4, -0.2) is 34.5 Å². The fraction of sp³-hybridized carbons (Fsp3) is 0.156. The van der Waals surface area contributed by atoms with E-state index in [1.807, 2.05) is 48.5 Å². The quantitative estimate of drug-likeness (QED) is 0.130. The van der Waals surface area contributed by atoms with E-state index in [0.29, 0.717) is 4.68 Å². The third-order valence-corrected chi connectivity index (χ3v) is 6.47. The molecule has 0 radical (unpaired) electrons. The average Bonchev–Trinajstić information content (AvgIpc) is 3.48. The average molecular weight is 592 g/mol. The smallest absolute Gasteiger partial charge is 0.434 e. The molecule has 0 fully saturated rings. The Morgan fingerprint density at radius 1 is 0.930 bits per heavy atom. The highest BCUT2D eigenvalue weighted by Crippen LogP contribution is 2.35. The van der Waals surface area contributed by atoms with Crippen LogP contribution in [0.15, 0.2) is 91.1 Å². The van der Waals surface area contributed by atoms with E-state index >= 15 is 0 Å². The number of hydrogen-bond donors (Lipinski definition) is 0. The maximum Gasteiger partial charge on any atom is 0.434 e. The zero-order chi connectivity index (χ0) is 30.6. The number of aromatic nitrogens is 3. The van der Waals surface area contributed by atoms with Crippen molar-refractivity contribution in [3.8, 4) is 39.7 Å². The third-order valence-electron chi connectivity index (χ3n) is 6.47. The second kappa shape index (κ2) is 12.4. The number of carbonyl (C=O) groups is 1. The van der Waals surface area contributed by atoms with Gasteiger partial charge in [0.1, 0.15) is 29.5 Å². The summed E-state index contributed by atoms with van der Waals surface area (Å²) < 4.78 is 72.9. The standard InChI is InChI=1S/C32H25F4N3O4/c1-3-42-31(40)26-18-37-39(30(26)32(34,35)36)29-6-4-5-27(38-29)25-17-23(33)13-16-28(25)43-19-20-7-9-21(10-8-20)22-11-14-24(41-2)15-12-22/h4-18H,3,19H2,1-2H3. The number of esters is 1. The van der Waals surface area contributed by atoms with Gasteiger partial charge in [-0.1, -0.05) is 42.5 Å². The summed E-state index contributed by atoms with van der Waals surface area (Å²) in [6.07, 6.45) is -4.15. The van der Waals surface area contributed by atoms with Crippen LogP contribution in [0.5, 0.6) is 11.5 Å². The molecule has 0 unspecified atom stereocenters. The first-order chi connectivity index (χ1) is 20.7. The molecule has 3 aromatic carbocycles. The van der Waals surface area contributed by atoms with Crippen molar-refractivity contribution in [1.82, 2.24) is 14.8 Å². The molecule has 11 heteroatoms. The molecule has 5 aromatic rings. The summed E-state index contributed by atoms with van der Waals surface area (Å²) in [5.74, 6) is -0.942. The van der Waals surface area contributed by atoms with Crippen LogP contribution in [0, 0.1) is 5.82 Å². The first kappa shape index (κ1) is 29.3. The van der Waals surface area contributed by atoms with Gasteiger partial charge in [0.05, 0.1) is 25.6 Å². The Bertz CT molecular complexity index is 1730. The van der Waals surface area contributed by atoms with Crippen LogP contribution in [-0.2, 0) is 17.5 Å². The lowest BCUT2D eigenvalue weighted by Gasteiger charge is -2.14. The number of methoxy groups -OCH3 is 1. The highest BCUT2D eigenvalue weighted by Gasteiger charge is 2.41. The van der Waals surface area contributed by atoms with E-state index in [1.54, 1.807) is 7.11 Å². The lowest BCUT2D eigenvalue weighted by atomic mass is 10.0. The molecule has 220 valence electrons. The molecule has 2 heterocycles. The van der Waals surface area contributed by atoms with Crippen LogP contribution >= 0.6 is 0 Å². The number of ether oxygens (including phenoxy) is 3. The van der Waals surface area contributed by atoms with Crippen molar-refractivity contribution in [2.45, 2.75) is 19.7 Å². The lowest BCUT2D eigenvalue weighted by molar-refractivity contribution is -0.143. The number of benzene rings is 3. The van der Waals surface area contributed by atoms with Crippen molar-refractivity contribution in [2.75, 3.05) is 13.7 Å². The van der Waals surface area contributed by atoms with Crippen molar-refractivity contribution in [1.29, 1.82) is 0 Å². The molecular weight excluding hydrogens is 566 g/mol. The number of halogens is 4. The Hall–Kier alpha value is -5.19. The molecule has 5 rings (SSSR count). The van der Waals surface area contributed by atoms with E-state index in [1.165, 1.54) is 43.3 Å². The Morgan fingerprint density at radius 3 is 2.28 bits per heavy atom. The zero-order valence-electron chi connectivity index (χ0n) is 23.1. The van der Waals surface area contributed by atoms with Crippen LogP contribution in [0.1, 0.15) is 28.5 Å². The van der Waals surface area contributed by atoms with Crippen molar-refractivity contribution < 1.29 is 36.6 Å². The zero-order valence-corrected chi connectivity index (χ0v) is 23.1. The van der Waals surface area contributed by atoms with Gasteiger partial charge in [-0.2, -0.15) is 18.3 Å². The van der Waals surface area contributed by atoms with Gasteiger partial charge in [0.2, 0.25) is 0 Å². The fourth-order valence-corrected chi connectivity index (χ4v) is 4.41. The minimum absolute atomic E-state index is 0.107. The molecule has 0 bridgehead atoms. The normalized spacial score (nSPS) is 11.3. The predicted molar refractivity (Wildman–Crippen MR) is 150 cm³/mol. The van der Waals surface area contributed by atoms with E-state index < -0.39 is 29.2 Å². The van der Waals surface area contributed by atoms with Gasteiger partial charge >= 0.3 is 12.1 Å². The van der Waals surface area contributed by atoms with Crippen molar-refractivity contribution >= 4 is 5.97 Å². The maximum absolute atomic E-state index is 14.3. The van der Waals surface area contributed by atoms with E-state index in [4.69, 9.17) is 14.2 Å². The van der Waals surface area contributed by atoms with Gasteiger partial charge in [0, 0.05) is 5.56 Å².